The number of nitrogens with one attached hydrogen (secondary N) is 1. The van der Waals surface area contributed by atoms with Crippen LogP contribution >= 0.6 is 0 Å². The molecular formula is C16H34N2O. The van der Waals surface area contributed by atoms with Gasteiger partial charge in [-0.3, -0.25) is 0 Å². The van der Waals surface area contributed by atoms with E-state index in [-0.39, 0.29) is 0 Å². The van der Waals surface area contributed by atoms with Crippen LogP contribution in [0.1, 0.15) is 53.4 Å². The van der Waals surface area contributed by atoms with Gasteiger partial charge in [0.2, 0.25) is 0 Å². The summed E-state index contributed by atoms with van der Waals surface area (Å²) >= 11 is 0. The zero-order valence-electron chi connectivity index (χ0n) is 13.5. The van der Waals surface area contributed by atoms with E-state index < -0.39 is 0 Å². The summed E-state index contributed by atoms with van der Waals surface area (Å²) in [7, 11) is 0. The molecule has 3 nitrogen and oxygen atoms in total. The first-order valence-electron chi connectivity index (χ1n) is 8.19. The lowest BCUT2D eigenvalue weighted by atomic mass is 10.0. The lowest BCUT2D eigenvalue weighted by Gasteiger charge is -2.32. The summed E-state index contributed by atoms with van der Waals surface area (Å²) in [5, 5.41) is 3.68. The van der Waals surface area contributed by atoms with Gasteiger partial charge in [0.1, 0.15) is 0 Å². The Kier molecular flexibility index (Phi) is 8.67. The molecule has 1 aliphatic rings. The number of ether oxygens (including phenoxy) is 1. The van der Waals surface area contributed by atoms with Crippen molar-refractivity contribution in [1.82, 2.24) is 10.2 Å². The summed E-state index contributed by atoms with van der Waals surface area (Å²) in [6.07, 6.45) is 5.38. The van der Waals surface area contributed by atoms with Crippen LogP contribution in [0, 0.1) is 5.92 Å². The SMILES string of the molecule is CCC1CCN(CCCCOC(C)C)CC(C)CN1. The van der Waals surface area contributed by atoms with E-state index in [2.05, 4.69) is 37.9 Å². The molecule has 0 aromatic rings. The largest absolute Gasteiger partial charge is 0.379 e. The first-order chi connectivity index (χ1) is 9.11. The molecule has 1 fully saturated rings. The molecule has 1 heterocycles. The zero-order valence-corrected chi connectivity index (χ0v) is 13.5. The molecule has 0 aromatic heterocycles. The Morgan fingerprint density at radius 1 is 1.32 bits per heavy atom. The van der Waals surface area contributed by atoms with Gasteiger partial charge in [0.05, 0.1) is 6.10 Å². The molecule has 1 aliphatic heterocycles. The van der Waals surface area contributed by atoms with E-state index in [0.717, 1.165) is 18.6 Å². The fourth-order valence-corrected chi connectivity index (χ4v) is 2.71. The topological polar surface area (TPSA) is 24.5 Å². The molecule has 19 heavy (non-hydrogen) atoms. The Hall–Kier alpha value is -0.120. The average Bonchev–Trinajstić information content (AvgIpc) is 2.35. The van der Waals surface area contributed by atoms with Gasteiger partial charge in [-0.1, -0.05) is 13.8 Å². The highest BCUT2D eigenvalue weighted by atomic mass is 16.5. The number of nitrogens with zero attached hydrogens (tertiary/aromatic N) is 1. The molecule has 114 valence electrons. The van der Waals surface area contributed by atoms with Crippen LogP contribution in [0.5, 0.6) is 0 Å². The summed E-state index contributed by atoms with van der Waals surface area (Å²) in [4.78, 5) is 2.66. The van der Waals surface area contributed by atoms with Crippen LogP contribution in [0.15, 0.2) is 0 Å². The van der Waals surface area contributed by atoms with E-state index in [1.54, 1.807) is 0 Å². The Morgan fingerprint density at radius 3 is 2.79 bits per heavy atom. The molecule has 2 atom stereocenters. The van der Waals surface area contributed by atoms with E-state index in [0.29, 0.717) is 6.10 Å². The molecule has 0 saturated carbocycles. The summed E-state index contributed by atoms with van der Waals surface area (Å²) in [6, 6.07) is 0.717. The highest BCUT2D eigenvalue weighted by Gasteiger charge is 2.17. The quantitative estimate of drug-likeness (QED) is 0.720. The monoisotopic (exact) mass is 270 g/mol. The van der Waals surface area contributed by atoms with Gasteiger partial charge in [0.15, 0.2) is 0 Å². The average molecular weight is 270 g/mol. The molecule has 1 N–H and O–H groups in total. The van der Waals surface area contributed by atoms with Crippen molar-refractivity contribution in [3.05, 3.63) is 0 Å². The van der Waals surface area contributed by atoms with Gasteiger partial charge in [-0.2, -0.15) is 0 Å². The maximum absolute atomic E-state index is 5.60. The van der Waals surface area contributed by atoms with E-state index in [9.17, 15) is 0 Å². The first-order valence-corrected chi connectivity index (χ1v) is 8.19. The minimum atomic E-state index is 0.373. The van der Waals surface area contributed by atoms with Crippen LogP contribution in [0.2, 0.25) is 0 Å². The standard InChI is InChI=1S/C16H34N2O/c1-5-16-8-10-18(13-15(4)12-17-16)9-6-7-11-19-14(2)3/h14-17H,5-13H2,1-4H3. The summed E-state index contributed by atoms with van der Waals surface area (Å²) in [5.74, 6) is 0.765. The van der Waals surface area contributed by atoms with Crippen LogP contribution in [0.3, 0.4) is 0 Å². The van der Waals surface area contributed by atoms with E-state index >= 15 is 0 Å². The highest BCUT2D eigenvalue weighted by Crippen LogP contribution is 2.10. The van der Waals surface area contributed by atoms with E-state index in [4.69, 9.17) is 4.74 Å². The Morgan fingerprint density at radius 2 is 2.11 bits per heavy atom. The molecule has 2 unspecified atom stereocenters. The predicted octanol–water partition coefficient (Wildman–Crippen LogP) is 2.90. The molecular weight excluding hydrogens is 236 g/mol. The zero-order chi connectivity index (χ0) is 14.1. The van der Waals surface area contributed by atoms with Gasteiger partial charge in [-0.25, -0.2) is 0 Å². The van der Waals surface area contributed by atoms with Crippen LogP contribution in [-0.4, -0.2) is 49.8 Å². The second kappa shape index (κ2) is 9.73. The number of unbranched alkanes of at least 4 members (excludes halogenated alkanes) is 1. The van der Waals surface area contributed by atoms with Crippen molar-refractivity contribution in [3.8, 4) is 0 Å². The third-order valence-electron chi connectivity index (χ3n) is 3.93. The van der Waals surface area contributed by atoms with Crippen molar-refractivity contribution in [3.63, 3.8) is 0 Å². The van der Waals surface area contributed by atoms with Crippen LogP contribution in [0.25, 0.3) is 0 Å². The smallest absolute Gasteiger partial charge is 0.0518 e. The van der Waals surface area contributed by atoms with Crippen LogP contribution in [0.4, 0.5) is 0 Å². The molecule has 0 bridgehead atoms. The molecule has 1 rings (SSSR count). The van der Waals surface area contributed by atoms with Gasteiger partial charge in [-0.05, 0) is 65.1 Å². The Bertz CT molecular complexity index is 221. The van der Waals surface area contributed by atoms with Crippen LogP contribution < -0.4 is 5.32 Å². The normalized spacial score (nSPS) is 26.4. The minimum absolute atomic E-state index is 0.373. The van der Waals surface area contributed by atoms with Crippen molar-refractivity contribution < 1.29 is 4.74 Å². The second-order valence-corrected chi connectivity index (χ2v) is 6.33. The fourth-order valence-electron chi connectivity index (χ4n) is 2.71. The predicted molar refractivity (Wildman–Crippen MR) is 82.6 cm³/mol. The Labute approximate surface area is 120 Å². The summed E-state index contributed by atoms with van der Waals surface area (Å²) in [5.41, 5.74) is 0. The lowest BCUT2D eigenvalue weighted by molar-refractivity contribution is 0.0734. The molecule has 3 heteroatoms. The van der Waals surface area contributed by atoms with Crippen molar-refractivity contribution in [2.45, 2.75) is 65.5 Å². The summed E-state index contributed by atoms with van der Waals surface area (Å²) < 4.78 is 5.60. The van der Waals surface area contributed by atoms with Crippen molar-refractivity contribution >= 4 is 0 Å². The number of hydrogen-bond donors (Lipinski definition) is 1. The van der Waals surface area contributed by atoms with Gasteiger partial charge < -0.3 is 15.0 Å². The first kappa shape index (κ1) is 16.9. The van der Waals surface area contributed by atoms with Crippen molar-refractivity contribution in [2.75, 3.05) is 32.8 Å². The molecule has 0 aliphatic carbocycles. The van der Waals surface area contributed by atoms with Crippen molar-refractivity contribution in [2.24, 2.45) is 5.92 Å². The molecule has 0 spiro atoms. The highest BCUT2D eigenvalue weighted by molar-refractivity contribution is 4.75. The lowest BCUT2D eigenvalue weighted by Crippen LogP contribution is -2.43. The fraction of sp³-hybridized carbons (Fsp3) is 1.00. The maximum Gasteiger partial charge on any atom is 0.0518 e. The summed E-state index contributed by atoms with van der Waals surface area (Å²) in [6.45, 7) is 14.7. The molecule has 0 aromatic carbocycles. The molecule has 0 radical (unpaired) electrons. The van der Waals surface area contributed by atoms with E-state index in [1.807, 2.05) is 0 Å². The second-order valence-electron chi connectivity index (χ2n) is 6.33. The van der Waals surface area contributed by atoms with Crippen molar-refractivity contribution in [1.29, 1.82) is 0 Å². The van der Waals surface area contributed by atoms with E-state index in [1.165, 1.54) is 51.9 Å². The Balaban J connectivity index is 2.19. The number of rotatable bonds is 7. The third-order valence-corrected chi connectivity index (χ3v) is 3.93. The maximum atomic E-state index is 5.60. The minimum Gasteiger partial charge on any atom is -0.379 e. The third kappa shape index (κ3) is 7.91. The van der Waals surface area contributed by atoms with Gasteiger partial charge in [-0.15, -0.1) is 0 Å². The van der Waals surface area contributed by atoms with Gasteiger partial charge in [0.25, 0.3) is 0 Å². The van der Waals surface area contributed by atoms with Crippen LogP contribution in [-0.2, 0) is 4.74 Å². The van der Waals surface area contributed by atoms with Gasteiger partial charge >= 0.3 is 0 Å². The number of hydrogen-bond acceptors (Lipinski definition) is 3. The molecule has 0 amide bonds. The molecule has 1 saturated heterocycles. The van der Waals surface area contributed by atoms with Gasteiger partial charge in [0, 0.05) is 19.2 Å².